The molecule has 2 aliphatic heterocycles. The Morgan fingerprint density at radius 3 is 1.77 bits per heavy atom. The molecule has 0 atom stereocenters. The summed E-state index contributed by atoms with van der Waals surface area (Å²) in [7, 11) is 2.17. The molecule has 2 saturated heterocycles. The molecule has 22 heavy (non-hydrogen) atoms. The van der Waals surface area contributed by atoms with Crippen LogP contribution >= 0.6 is 0 Å². The van der Waals surface area contributed by atoms with Gasteiger partial charge in [-0.3, -0.25) is 4.79 Å². The van der Waals surface area contributed by atoms with E-state index in [2.05, 4.69) is 23.8 Å². The number of hydrogen-bond donors (Lipinski definition) is 0. The largest absolute Gasteiger partial charge is 0.343 e. The molecule has 1 amide bonds. The summed E-state index contributed by atoms with van der Waals surface area (Å²) >= 11 is 0. The zero-order valence-electron chi connectivity index (χ0n) is 16.0. The Morgan fingerprint density at radius 2 is 1.32 bits per heavy atom. The second-order valence-corrected chi connectivity index (χ2v) is 6.18. The lowest BCUT2D eigenvalue weighted by molar-refractivity contribution is -0.134. The number of piperidine rings is 2. The third kappa shape index (κ3) is 7.62. The number of carbonyl (C=O) groups is 1. The van der Waals surface area contributed by atoms with E-state index in [1.165, 1.54) is 32.1 Å². The van der Waals surface area contributed by atoms with Crippen molar-refractivity contribution in [3.05, 3.63) is 0 Å². The van der Waals surface area contributed by atoms with Crippen molar-refractivity contribution < 1.29 is 4.79 Å². The third-order valence-electron chi connectivity index (χ3n) is 4.85. The first kappa shape index (κ1) is 21.4. The minimum Gasteiger partial charge on any atom is -0.343 e. The van der Waals surface area contributed by atoms with Crippen LogP contribution in [0.5, 0.6) is 0 Å². The Labute approximate surface area is 139 Å². The summed E-state index contributed by atoms with van der Waals surface area (Å²) in [6, 6.07) is 0. The molecule has 0 aliphatic carbocycles. The first-order chi connectivity index (χ1) is 10.7. The summed E-state index contributed by atoms with van der Waals surface area (Å²) in [6.07, 6.45) is 6.91. The minimum atomic E-state index is 0.416. The van der Waals surface area contributed by atoms with Gasteiger partial charge in [-0.2, -0.15) is 0 Å². The Balaban J connectivity index is 0.00000102. The van der Waals surface area contributed by atoms with E-state index in [1.807, 2.05) is 27.7 Å². The smallest absolute Gasteiger partial charge is 0.222 e. The van der Waals surface area contributed by atoms with Crippen LogP contribution in [-0.2, 0) is 4.79 Å². The highest BCUT2D eigenvalue weighted by Crippen LogP contribution is 2.24. The number of nitrogens with zero attached hydrogens (tertiary/aromatic N) is 2. The molecular weight excluding hydrogens is 272 g/mol. The lowest BCUT2D eigenvalue weighted by Gasteiger charge is -2.34. The molecule has 2 heterocycles. The first-order valence-electron chi connectivity index (χ1n) is 9.65. The number of carbonyl (C=O) groups excluding carboxylic acids is 1. The lowest BCUT2D eigenvalue weighted by atomic mass is 9.91. The van der Waals surface area contributed by atoms with Gasteiger partial charge in [-0.15, -0.1) is 0 Å². The van der Waals surface area contributed by atoms with Crippen LogP contribution in [0, 0.1) is 11.8 Å². The quantitative estimate of drug-likeness (QED) is 0.770. The average Bonchev–Trinajstić information content (AvgIpc) is 2.60. The fraction of sp³-hybridized carbons (Fsp3) is 0.947. The number of hydrogen-bond acceptors (Lipinski definition) is 2. The van der Waals surface area contributed by atoms with Crippen molar-refractivity contribution in [2.75, 3.05) is 33.2 Å². The van der Waals surface area contributed by atoms with Gasteiger partial charge in [-0.25, -0.2) is 0 Å². The molecule has 0 aromatic rings. The van der Waals surface area contributed by atoms with E-state index in [0.717, 1.165) is 38.5 Å². The molecule has 0 radical (unpaired) electrons. The Hall–Kier alpha value is -0.570. The fourth-order valence-electron chi connectivity index (χ4n) is 3.23. The SMILES string of the molecule is CC.CC.CCC1CCN(C(=O)CC2CCN(C)CC2)CC1. The van der Waals surface area contributed by atoms with Crippen LogP contribution in [0.2, 0.25) is 0 Å². The second-order valence-electron chi connectivity index (χ2n) is 6.18. The van der Waals surface area contributed by atoms with Gasteiger partial charge in [0, 0.05) is 19.5 Å². The molecule has 0 spiro atoms. The maximum Gasteiger partial charge on any atom is 0.222 e. The topological polar surface area (TPSA) is 23.6 Å². The maximum absolute atomic E-state index is 12.3. The van der Waals surface area contributed by atoms with Crippen LogP contribution in [0.25, 0.3) is 0 Å². The molecule has 2 fully saturated rings. The van der Waals surface area contributed by atoms with Gasteiger partial charge >= 0.3 is 0 Å². The molecule has 132 valence electrons. The molecule has 0 saturated carbocycles. The monoisotopic (exact) mass is 312 g/mol. The van der Waals surface area contributed by atoms with Crippen LogP contribution < -0.4 is 0 Å². The Bertz CT molecular complexity index is 265. The molecule has 0 unspecified atom stereocenters. The van der Waals surface area contributed by atoms with Gasteiger partial charge in [0.15, 0.2) is 0 Å². The van der Waals surface area contributed by atoms with Crippen molar-refractivity contribution in [1.29, 1.82) is 0 Å². The molecule has 0 N–H and O–H groups in total. The second kappa shape index (κ2) is 12.9. The summed E-state index contributed by atoms with van der Waals surface area (Å²) in [4.78, 5) is 16.7. The van der Waals surface area contributed by atoms with E-state index < -0.39 is 0 Å². The first-order valence-corrected chi connectivity index (χ1v) is 9.65. The van der Waals surface area contributed by atoms with Crippen molar-refractivity contribution in [1.82, 2.24) is 9.80 Å². The highest BCUT2D eigenvalue weighted by atomic mass is 16.2. The van der Waals surface area contributed by atoms with E-state index in [1.54, 1.807) is 0 Å². The predicted molar refractivity (Wildman–Crippen MR) is 97.1 cm³/mol. The van der Waals surface area contributed by atoms with Gasteiger partial charge < -0.3 is 9.80 Å². The number of amides is 1. The van der Waals surface area contributed by atoms with Crippen LogP contribution in [0.15, 0.2) is 0 Å². The highest BCUT2D eigenvalue weighted by Gasteiger charge is 2.25. The summed E-state index contributed by atoms with van der Waals surface area (Å²) in [5.41, 5.74) is 0. The zero-order valence-corrected chi connectivity index (χ0v) is 16.0. The van der Waals surface area contributed by atoms with E-state index in [4.69, 9.17) is 0 Å². The standard InChI is InChI=1S/C15H28N2O.2C2H6/c1-3-13-6-10-17(11-7-13)15(18)12-14-4-8-16(2)9-5-14;2*1-2/h13-14H,3-12H2,1-2H3;2*1-2H3. The molecule has 0 aromatic heterocycles. The van der Waals surface area contributed by atoms with Crippen LogP contribution in [-0.4, -0.2) is 48.9 Å². The predicted octanol–water partition coefficient (Wildman–Crippen LogP) is 4.42. The summed E-state index contributed by atoms with van der Waals surface area (Å²) in [5.74, 6) is 1.91. The van der Waals surface area contributed by atoms with Gasteiger partial charge in [0.25, 0.3) is 0 Å². The van der Waals surface area contributed by atoms with E-state index >= 15 is 0 Å². The zero-order chi connectivity index (χ0) is 17.0. The van der Waals surface area contributed by atoms with Gasteiger partial charge in [-0.1, -0.05) is 41.0 Å². The van der Waals surface area contributed by atoms with Crippen LogP contribution in [0.4, 0.5) is 0 Å². The van der Waals surface area contributed by atoms with E-state index in [-0.39, 0.29) is 0 Å². The number of likely N-dealkylation sites (tertiary alicyclic amines) is 2. The number of rotatable bonds is 3. The Kier molecular flexibility index (Phi) is 12.6. The fourth-order valence-corrected chi connectivity index (χ4v) is 3.23. The normalized spacial score (nSPS) is 20.5. The van der Waals surface area contributed by atoms with Crippen molar-refractivity contribution in [3.8, 4) is 0 Å². The summed E-state index contributed by atoms with van der Waals surface area (Å²) < 4.78 is 0. The van der Waals surface area contributed by atoms with Gasteiger partial charge in [0.1, 0.15) is 0 Å². The van der Waals surface area contributed by atoms with Gasteiger partial charge in [0.2, 0.25) is 5.91 Å². The summed E-state index contributed by atoms with van der Waals surface area (Å²) in [6.45, 7) is 14.6. The van der Waals surface area contributed by atoms with Gasteiger partial charge in [0.05, 0.1) is 0 Å². The molecule has 3 heteroatoms. The van der Waals surface area contributed by atoms with Crippen molar-refractivity contribution in [2.45, 2.75) is 73.1 Å². The van der Waals surface area contributed by atoms with Gasteiger partial charge in [-0.05, 0) is 57.7 Å². The molecule has 2 aliphatic rings. The van der Waals surface area contributed by atoms with Crippen molar-refractivity contribution >= 4 is 5.91 Å². The van der Waals surface area contributed by atoms with Crippen LogP contribution in [0.1, 0.15) is 73.1 Å². The summed E-state index contributed by atoms with van der Waals surface area (Å²) in [5, 5.41) is 0. The van der Waals surface area contributed by atoms with E-state index in [9.17, 15) is 4.79 Å². The average molecular weight is 313 g/mol. The van der Waals surface area contributed by atoms with E-state index in [0.29, 0.717) is 11.8 Å². The molecule has 0 aromatic carbocycles. The Morgan fingerprint density at radius 1 is 0.864 bits per heavy atom. The van der Waals surface area contributed by atoms with Crippen LogP contribution in [0.3, 0.4) is 0 Å². The maximum atomic E-state index is 12.3. The third-order valence-corrected chi connectivity index (χ3v) is 4.85. The molecule has 2 rings (SSSR count). The molecule has 3 nitrogen and oxygen atoms in total. The van der Waals surface area contributed by atoms with Crippen molar-refractivity contribution in [3.63, 3.8) is 0 Å². The highest BCUT2D eigenvalue weighted by molar-refractivity contribution is 5.76. The molecular formula is C19H40N2O. The van der Waals surface area contributed by atoms with Crippen molar-refractivity contribution in [2.24, 2.45) is 11.8 Å². The molecule has 0 bridgehead atoms. The minimum absolute atomic E-state index is 0.416. The lowest BCUT2D eigenvalue weighted by Crippen LogP contribution is -2.40.